The van der Waals surface area contributed by atoms with E-state index in [1.807, 2.05) is 0 Å². The standard InChI is InChI=1S/C9H9Cl2NO4S/c1-2-16-9(13)5-3-8(17(12,14)15)7(11)4-6(5)10/h3-4H,2H2,1H3,(H2,12,14,15). The topological polar surface area (TPSA) is 86.5 Å². The number of sulfonamides is 1. The van der Waals surface area contributed by atoms with Crippen molar-refractivity contribution in [3.8, 4) is 0 Å². The van der Waals surface area contributed by atoms with Crippen LogP contribution in [0.3, 0.4) is 0 Å². The summed E-state index contributed by atoms with van der Waals surface area (Å²) in [7, 11) is -4.02. The van der Waals surface area contributed by atoms with E-state index in [-0.39, 0.29) is 27.1 Å². The van der Waals surface area contributed by atoms with Crippen LogP contribution < -0.4 is 5.14 Å². The monoisotopic (exact) mass is 297 g/mol. The third kappa shape index (κ3) is 3.32. The molecule has 0 amide bonds. The molecule has 0 unspecified atom stereocenters. The van der Waals surface area contributed by atoms with Gasteiger partial charge in [-0.25, -0.2) is 18.4 Å². The lowest BCUT2D eigenvalue weighted by Crippen LogP contribution is -2.14. The number of nitrogens with two attached hydrogens (primary N) is 1. The molecule has 0 fully saturated rings. The van der Waals surface area contributed by atoms with Crippen LogP contribution in [-0.2, 0) is 14.8 Å². The maximum atomic E-state index is 11.5. The minimum Gasteiger partial charge on any atom is -0.462 e. The van der Waals surface area contributed by atoms with E-state index in [1.165, 1.54) is 0 Å². The van der Waals surface area contributed by atoms with Gasteiger partial charge in [0.25, 0.3) is 0 Å². The fraction of sp³-hybridized carbons (Fsp3) is 0.222. The Morgan fingerprint density at radius 1 is 1.35 bits per heavy atom. The fourth-order valence-corrected chi connectivity index (χ4v) is 2.51. The number of rotatable bonds is 3. The molecular formula is C9H9Cl2NO4S. The van der Waals surface area contributed by atoms with Crippen LogP contribution in [0.2, 0.25) is 10.0 Å². The highest BCUT2D eigenvalue weighted by atomic mass is 35.5. The average molecular weight is 298 g/mol. The van der Waals surface area contributed by atoms with E-state index >= 15 is 0 Å². The van der Waals surface area contributed by atoms with Crippen LogP contribution in [0, 0.1) is 0 Å². The molecule has 0 bridgehead atoms. The lowest BCUT2D eigenvalue weighted by atomic mass is 10.2. The van der Waals surface area contributed by atoms with Gasteiger partial charge in [-0.05, 0) is 19.1 Å². The van der Waals surface area contributed by atoms with Gasteiger partial charge in [0.1, 0.15) is 4.90 Å². The van der Waals surface area contributed by atoms with Crippen molar-refractivity contribution in [2.75, 3.05) is 6.61 Å². The van der Waals surface area contributed by atoms with E-state index in [0.29, 0.717) is 0 Å². The molecule has 8 heteroatoms. The molecule has 1 aromatic carbocycles. The van der Waals surface area contributed by atoms with Crippen LogP contribution in [0.1, 0.15) is 17.3 Å². The zero-order chi connectivity index (χ0) is 13.2. The molecule has 0 spiro atoms. The number of benzene rings is 1. The molecule has 0 saturated carbocycles. The number of halogens is 2. The summed E-state index contributed by atoms with van der Waals surface area (Å²) in [6.45, 7) is 1.75. The lowest BCUT2D eigenvalue weighted by Gasteiger charge is -2.07. The predicted octanol–water partition coefficient (Wildman–Crippen LogP) is 1.82. The molecule has 5 nitrogen and oxygen atoms in total. The largest absolute Gasteiger partial charge is 0.462 e. The van der Waals surface area contributed by atoms with Gasteiger partial charge in [0.05, 0.1) is 22.2 Å². The molecule has 1 aromatic rings. The molecule has 0 aromatic heterocycles. The number of carbonyl (C=O) groups is 1. The quantitative estimate of drug-likeness (QED) is 0.862. The highest BCUT2D eigenvalue weighted by molar-refractivity contribution is 7.89. The summed E-state index contributed by atoms with van der Waals surface area (Å²) in [5.74, 6) is -0.737. The first kappa shape index (κ1) is 14.2. The van der Waals surface area contributed by atoms with E-state index in [0.717, 1.165) is 12.1 Å². The summed E-state index contributed by atoms with van der Waals surface area (Å²) in [5.41, 5.74) is -0.0954. The number of esters is 1. The minimum absolute atomic E-state index is 0.000787. The molecule has 0 aliphatic heterocycles. The van der Waals surface area contributed by atoms with Crippen LogP contribution >= 0.6 is 23.2 Å². The molecule has 0 radical (unpaired) electrons. The van der Waals surface area contributed by atoms with Gasteiger partial charge in [0, 0.05) is 0 Å². The van der Waals surface area contributed by atoms with E-state index in [2.05, 4.69) is 0 Å². The number of hydrogen-bond donors (Lipinski definition) is 1. The van der Waals surface area contributed by atoms with Gasteiger partial charge in [-0.3, -0.25) is 0 Å². The Kier molecular flexibility index (Phi) is 4.37. The van der Waals surface area contributed by atoms with Gasteiger partial charge in [0.2, 0.25) is 10.0 Å². The van der Waals surface area contributed by atoms with Crippen molar-refractivity contribution < 1.29 is 17.9 Å². The number of hydrogen-bond acceptors (Lipinski definition) is 4. The van der Waals surface area contributed by atoms with Crippen molar-refractivity contribution in [2.24, 2.45) is 5.14 Å². The summed E-state index contributed by atoms with van der Waals surface area (Å²) >= 11 is 11.4. The fourth-order valence-electron chi connectivity index (χ4n) is 1.11. The molecule has 0 saturated heterocycles. The van der Waals surface area contributed by atoms with Crippen LogP contribution in [0.5, 0.6) is 0 Å². The third-order valence-corrected chi connectivity index (χ3v) is 3.51. The Balaban J connectivity index is 3.39. The Morgan fingerprint density at radius 3 is 2.41 bits per heavy atom. The smallest absolute Gasteiger partial charge is 0.339 e. The normalized spacial score (nSPS) is 11.3. The van der Waals surface area contributed by atoms with Crippen molar-refractivity contribution in [1.29, 1.82) is 0 Å². The zero-order valence-corrected chi connectivity index (χ0v) is 11.1. The molecule has 0 atom stereocenters. The molecule has 0 heterocycles. The van der Waals surface area contributed by atoms with E-state index in [4.69, 9.17) is 33.1 Å². The van der Waals surface area contributed by atoms with Crippen LogP contribution in [0.25, 0.3) is 0 Å². The SMILES string of the molecule is CCOC(=O)c1cc(S(N)(=O)=O)c(Cl)cc1Cl. The second-order valence-electron chi connectivity index (χ2n) is 3.03. The van der Waals surface area contributed by atoms with Crippen molar-refractivity contribution in [2.45, 2.75) is 11.8 Å². The average Bonchev–Trinajstić information content (AvgIpc) is 2.15. The molecule has 2 N–H and O–H groups in total. The number of ether oxygens (including phenoxy) is 1. The summed E-state index contributed by atoms with van der Waals surface area (Å²) in [6.07, 6.45) is 0. The predicted molar refractivity (Wildman–Crippen MR) is 63.8 cm³/mol. The first-order chi connectivity index (χ1) is 7.77. The van der Waals surface area contributed by atoms with E-state index in [1.54, 1.807) is 6.92 Å². The number of carbonyl (C=O) groups excluding carboxylic acids is 1. The van der Waals surface area contributed by atoms with Crippen molar-refractivity contribution >= 4 is 39.2 Å². The van der Waals surface area contributed by atoms with Gasteiger partial charge in [0.15, 0.2) is 0 Å². The minimum atomic E-state index is -4.02. The van der Waals surface area contributed by atoms with Crippen molar-refractivity contribution in [1.82, 2.24) is 0 Å². The molecule has 1 rings (SSSR count). The second-order valence-corrected chi connectivity index (χ2v) is 5.37. The van der Waals surface area contributed by atoms with E-state index < -0.39 is 16.0 Å². The molecule has 0 aliphatic rings. The Hall–Kier alpha value is -0.820. The highest BCUT2D eigenvalue weighted by Crippen LogP contribution is 2.28. The van der Waals surface area contributed by atoms with Gasteiger partial charge in [-0.1, -0.05) is 23.2 Å². The Bertz CT molecular complexity index is 556. The molecule has 0 aliphatic carbocycles. The molecular weight excluding hydrogens is 289 g/mol. The number of primary sulfonamides is 1. The maximum absolute atomic E-state index is 11.5. The van der Waals surface area contributed by atoms with Crippen LogP contribution in [0.4, 0.5) is 0 Å². The summed E-state index contributed by atoms with van der Waals surface area (Å²) in [4.78, 5) is 11.1. The van der Waals surface area contributed by atoms with Gasteiger partial charge < -0.3 is 4.74 Å². The van der Waals surface area contributed by atoms with Gasteiger partial charge in [-0.2, -0.15) is 0 Å². The van der Waals surface area contributed by atoms with Crippen molar-refractivity contribution in [3.05, 3.63) is 27.7 Å². The Labute approximate surface area is 109 Å². The van der Waals surface area contributed by atoms with Crippen LogP contribution in [-0.4, -0.2) is 21.0 Å². The van der Waals surface area contributed by atoms with Crippen molar-refractivity contribution in [3.63, 3.8) is 0 Å². The van der Waals surface area contributed by atoms with Gasteiger partial charge in [-0.15, -0.1) is 0 Å². The second kappa shape index (κ2) is 5.22. The maximum Gasteiger partial charge on any atom is 0.339 e. The lowest BCUT2D eigenvalue weighted by molar-refractivity contribution is 0.0526. The first-order valence-corrected chi connectivity index (χ1v) is 6.76. The third-order valence-electron chi connectivity index (χ3n) is 1.82. The van der Waals surface area contributed by atoms with Crippen LogP contribution in [0.15, 0.2) is 17.0 Å². The summed E-state index contributed by atoms with van der Waals surface area (Å²) in [6, 6.07) is 2.13. The summed E-state index contributed by atoms with van der Waals surface area (Å²) < 4.78 is 27.1. The summed E-state index contributed by atoms with van der Waals surface area (Å²) in [5, 5.41) is 4.80. The van der Waals surface area contributed by atoms with Gasteiger partial charge >= 0.3 is 5.97 Å². The first-order valence-electron chi connectivity index (χ1n) is 4.46. The zero-order valence-electron chi connectivity index (χ0n) is 8.74. The molecule has 17 heavy (non-hydrogen) atoms. The van der Waals surface area contributed by atoms with E-state index in [9.17, 15) is 13.2 Å². The Morgan fingerprint density at radius 2 is 1.94 bits per heavy atom. The molecule has 94 valence electrons. The highest BCUT2D eigenvalue weighted by Gasteiger charge is 2.20.